The Morgan fingerprint density at radius 1 is 1.10 bits per heavy atom. The summed E-state index contributed by atoms with van der Waals surface area (Å²) < 4.78 is 5.63. The van der Waals surface area contributed by atoms with Crippen LogP contribution in [-0.2, 0) is 14.3 Å². The first kappa shape index (κ1) is 21.4. The molecule has 0 aromatic heterocycles. The van der Waals surface area contributed by atoms with Gasteiger partial charge in [-0.2, -0.15) is 0 Å². The van der Waals surface area contributed by atoms with Gasteiger partial charge in [-0.25, -0.2) is 0 Å². The molecule has 10 heteroatoms. The molecule has 0 bridgehead atoms. The molecule has 2 amide bonds. The zero-order valence-corrected chi connectivity index (χ0v) is 17.2. The molecule has 0 aliphatic carbocycles. The summed E-state index contributed by atoms with van der Waals surface area (Å²) in [5, 5.41) is 20.2. The van der Waals surface area contributed by atoms with Crippen LogP contribution < -0.4 is 0 Å². The fourth-order valence-corrected chi connectivity index (χ4v) is 4.36. The standard InChI is InChI=1S/C21H26N4O6/c26-12-11-22-7-9-23(10-8-22)19-18(15-3-5-16(6-4-15)25(29)30)20(27)24(21(19)28)14-17-2-1-13-31-17/h3-6,17,26H,1-2,7-14H2. The molecule has 1 aromatic carbocycles. The molecule has 2 saturated heterocycles. The molecule has 3 aliphatic heterocycles. The van der Waals surface area contributed by atoms with E-state index >= 15 is 0 Å². The molecule has 0 saturated carbocycles. The number of carbonyl (C=O) groups is 2. The number of nitrogens with zero attached hydrogens (tertiary/aromatic N) is 4. The third-order valence-electron chi connectivity index (χ3n) is 6.03. The molecule has 10 nitrogen and oxygen atoms in total. The summed E-state index contributed by atoms with van der Waals surface area (Å²) in [7, 11) is 0. The Kier molecular flexibility index (Phi) is 6.30. The molecule has 0 radical (unpaired) electrons. The van der Waals surface area contributed by atoms with E-state index in [2.05, 4.69) is 4.90 Å². The normalized spacial score (nSPS) is 22.7. The van der Waals surface area contributed by atoms with E-state index in [-0.39, 0.29) is 42.3 Å². The highest BCUT2D eigenvalue weighted by Gasteiger charge is 2.43. The Morgan fingerprint density at radius 3 is 2.39 bits per heavy atom. The van der Waals surface area contributed by atoms with Crippen LogP contribution in [0.1, 0.15) is 18.4 Å². The van der Waals surface area contributed by atoms with Crippen molar-refractivity contribution in [3.63, 3.8) is 0 Å². The number of non-ortho nitro benzene ring substituents is 1. The number of piperazine rings is 1. The van der Waals surface area contributed by atoms with Crippen LogP contribution in [-0.4, -0.2) is 95.1 Å². The molecular formula is C21H26N4O6. The van der Waals surface area contributed by atoms with E-state index in [1.54, 1.807) is 0 Å². The minimum atomic E-state index is -0.495. The number of nitro groups is 1. The first-order chi connectivity index (χ1) is 15.0. The lowest BCUT2D eigenvalue weighted by molar-refractivity contribution is -0.384. The van der Waals surface area contributed by atoms with E-state index < -0.39 is 4.92 Å². The van der Waals surface area contributed by atoms with Crippen molar-refractivity contribution in [3.8, 4) is 0 Å². The van der Waals surface area contributed by atoms with Crippen molar-refractivity contribution >= 4 is 23.1 Å². The lowest BCUT2D eigenvalue weighted by Gasteiger charge is -2.36. The van der Waals surface area contributed by atoms with E-state index in [1.165, 1.54) is 29.2 Å². The van der Waals surface area contributed by atoms with E-state index in [9.17, 15) is 19.7 Å². The van der Waals surface area contributed by atoms with E-state index in [4.69, 9.17) is 9.84 Å². The Bertz CT molecular complexity index is 886. The van der Waals surface area contributed by atoms with Gasteiger partial charge in [0.15, 0.2) is 0 Å². The number of carbonyl (C=O) groups excluding carboxylic acids is 2. The molecule has 2 fully saturated rings. The van der Waals surface area contributed by atoms with Gasteiger partial charge in [-0.15, -0.1) is 0 Å². The molecule has 166 valence electrons. The van der Waals surface area contributed by atoms with Crippen molar-refractivity contribution in [2.45, 2.75) is 18.9 Å². The molecule has 0 spiro atoms. The summed E-state index contributed by atoms with van der Waals surface area (Å²) in [6.45, 7) is 3.93. The van der Waals surface area contributed by atoms with Gasteiger partial charge in [0, 0.05) is 51.5 Å². The number of nitro benzene ring substituents is 1. The van der Waals surface area contributed by atoms with Crippen molar-refractivity contribution in [1.29, 1.82) is 0 Å². The third-order valence-corrected chi connectivity index (χ3v) is 6.03. The second kappa shape index (κ2) is 9.13. The van der Waals surface area contributed by atoms with Gasteiger partial charge in [-0.3, -0.25) is 29.5 Å². The second-order valence-corrected chi connectivity index (χ2v) is 7.94. The molecule has 31 heavy (non-hydrogen) atoms. The first-order valence-electron chi connectivity index (χ1n) is 10.5. The van der Waals surface area contributed by atoms with Gasteiger partial charge >= 0.3 is 0 Å². The monoisotopic (exact) mass is 430 g/mol. The molecule has 1 unspecified atom stereocenters. The van der Waals surface area contributed by atoms with Crippen molar-refractivity contribution in [1.82, 2.24) is 14.7 Å². The summed E-state index contributed by atoms with van der Waals surface area (Å²) in [6.07, 6.45) is 1.55. The quantitative estimate of drug-likeness (QED) is 0.377. The minimum absolute atomic E-state index is 0.0727. The molecule has 3 aliphatic rings. The summed E-state index contributed by atoms with van der Waals surface area (Å²) >= 11 is 0. The van der Waals surface area contributed by atoms with E-state index in [1.807, 2.05) is 4.90 Å². The third kappa shape index (κ3) is 4.32. The number of hydrogen-bond acceptors (Lipinski definition) is 8. The van der Waals surface area contributed by atoms with Crippen molar-refractivity contribution in [2.75, 3.05) is 52.5 Å². The fourth-order valence-electron chi connectivity index (χ4n) is 4.36. The van der Waals surface area contributed by atoms with Gasteiger partial charge in [-0.05, 0) is 30.5 Å². The average Bonchev–Trinajstić information content (AvgIpc) is 3.37. The van der Waals surface area contributed by atoms with Crippen LogP contribution >= 0.6 is 0 Å². The number of imide groups is 1. The number of rotatable bonds is 7. The van der Waals surface area contributed by atoms with Crippen LogP contribution in [0.15, 0.2) is 30.0 Å². The molecule has 4 rings (SSSR count). The molecule has 1 N–H and O–H groups in total. The van der Waals surface area contributed by atoms with Crippen LogP contribution in [0.25, 0.3) is 5.57 Å². The fraction of sp³-hybridized carbons (Fsp3) is 0.524. The Morgan fingerprint density at radius 2 is 1.81 bits per heavy atom. The molecule has 1 aromatic rings. The van der Waals surface area contributed by atoms with Crippen LogP contribution in [0.2, 0.25) is 0 Å². The van der Waals surface area contributed by atoms with Crippen LogP contribution in [0, 0.1) is 10.1 Å². The Labute approximate surface area is 179 Å². The van der Waals surface area contributed by atoms with Crippen molar-refractivity contribution in [2.24, 2.45) is 0 Å². The highest BCUT2D eigenvalue weighted by atomic mass is 16.6. The average molecular weight is 430 g/mol. The summed E-state index contributed by atoms with van der Waals surface area (Å²) in [5.74, 6) is -0.730. The summed E-state index contributed by atoms with van der Waals surface area (Å²) in [4.78, 5) is 42.5. The van der Waals surface area contributed by atoms with E-state index in [0.29, 0.717) is 50.6 Å². The zero-order chi connectivity index (χ0) is 22.0. The van der Waals surface area contributed by atoms with Gasteiger partial charge in [0.25, 0.3) is 17.5 Å². The lowest BCUT2D eigenvalue weighted by atomic mass is 10.0. The number of benzene rings is 1. The van der Waals surface area contributed by atoms with Gasteiger partial charge in [0.2, 0.25) is 0 Å². The number of β-amino-alcohol motifs (C(OH)–C–C–N with tert-alkyl or cyclic N) is 1. The lowest BCUT2D eigenvalue weighted by Crippen LogP contribution is -2.48. The van der Waals surface area contributed by atoms with Gasteiger partial charge in [0.05, 0.1) is 29.8 Å². The maximum Gasteiger partial charge on any atom is 0.277 e. The van der Waals surface area contributed by atoms with Crippen LogP contribution in [0.3, 0.4) is 0 Å². The zero-order valence-electron chi connectivity index (χ0n) is 17.2. The van der Waals surface area contributed by atoms with Gasteiger partial charge in [-0.1, -0.05) is 0 Å². The highest BCUT2D eigenvalue weighted by molar-refractivity contribution is 6.35. The van der Waals surface area contributed by atoms with Crippen molar-refractivity contribution < 1.29 is 24.4 Å². The summed E-state index contributed by atoms with van der Waals surface area (Å²) in [5.41, 5.74) is 1.05. The largest absolute Gasteiger partial charge is 0.395 e. The first-order valence-corrected chi connectivity index (χ1v) is 10.5. The Hall–Kier alpha value is -2.82. The number of aliphatic hydroxyl groups excluding tert-OH is 1. The van der Waals surface area contributed by atoms with E-state index in [0.717, 1.165) is 12.8 Å². The van der Waals surface area contributed by atoms with Gasteiger partial charge < -0.3 is 14.7 Å². The minimum Gasteiger partial charge on any atom is -0.395 e. The topological polar surface area (TPSA) is 116 Å². The maximum absolute atomic E-state index is 13.4. The molecule has 3 heterocycles. The molecular weight excluding hydrogens is 404 g/mol. The summed E-state index contributed by atoms with van der Waals surface area (Å²) in [6, 6.07) is 5.74. The van der Waals surface area contributed by atoms with Crippen LogP contribution in [0.4, 0.5) is 5.69 Å². The smallest absolute Gasteiger partial charge is 0.277 e. The predicted molar refractivity (Wildman–Crippen MR) is 111 cm³/mol. The number of aliphatic hydroxyl groups is 1. The highest BCUT2D eigenvalue weighted by Crippen LogP contribution is 2.33. The van der Waals surface area contributed by atoms with Crippen LogP contribution in [0.5, 0.6) is 0 Å². The van der Waals surface area contributed by atoms with Crippen molar-refractivity contribution in [3.05, 3.63) is 45.6 Å². The SMILES string of the molecule is O=C1C(c2ccc([N+](=O)[O-])cc2)=C(N2CCN(CCO)CC2)C(=O)N1CC1CCCO1. The predicted octanol–water partition coefficient (Wildman–Crippen LogP) is 0.464. The number of amides is 2. The number of hydrogen-bond donors (Lipinski definition) is 1. The number of ether oxygens (including phenoxy) is 1. The second-order valence-electron chi connectivity index (χ2n) is 7.94. The van der Waals surface area contributed by atoms with Gasteiger partial charge in [0.1, 0.15) is 5.70 Å². The maximum atomic E-state index is 13.4. The molecule has 1 atom stereocenters. The Balaban J connectivity index is 1.64.